The first-order valence-electron chi connectivity index (χ1n) is 5.09. The van der Waals surface area contributed by atoms with Gasteiger partial charge in [0.15, 0.2) is 6.10 Å². The number of hydrogen-bond acceptors (Lipinski definition) is 4. The first-order valence-corrected chi connectivity index (χ1v) is 7.37. The first-order chi connectivity index (χ1) is 8.74. The van der Waals surface area contributed by atoms with Gasteiger partial charge < -0.3 is 10.2 Å². The van der Waals surface area contributed by atoms with Gasteiger partial charge in [-0.1, -0.05) is 0 Å². The number of aliphatic hydroxyl groups excluding tert-OH is 1. The minimum Gasteiger partial charge on any atom is -0.479 e. The Bertz CT molecular complexity index is 577. The van der Waals surface area contributed by atoms with Crippen molar-refractivity contribution in [3.8, 4) is 0 Å². The fourth-order valence-corrected chi connectivity index (χ4v) is 3.32. The number of rotatable bonds is 6. The second-order valence-corrected chi connectivity index (χ2v) is 6.20. The molecule has 0 aliphatic heterocycles. The number of carboxylic acids is 1. The molecule has 6 nitrogen and oxygen atoms in total. The van der Waals surface area contributed by atoms with E-state index in [0.29, 0.717) is 0 Å². The molecule has 0 aromatic heterocycles. The maximum absolute atomic E-state index is 12.8. The van der Waals surface area contributed by atoms with Gasteiger partial charge in [-0.15, -0.1) is 0 Å². The van der Waals surface area contributed by atoms with Crippen molar-refractivity contribution < 1.29 is 27.8 Å². The number of carboxylic acid groups (broad SMARTS) is 1. The number of carbonyl (C=O) groups is 1. The Labute approximate surface area is 117 Å². The van der Waals surface area contributed by atoms with Crippen molar-refractivity contribution in [1.29, 1.82) is 0 Å². The van der Waals surface area contributed by atoms with E-state index in [2.05, 4.69) is 20.7 Å². The summed E-state index contributed by atoms with van der Waals surface area (Å²) in [7, 11) is -3.90. The second kappa shape index (κ2) is 6.42. The Balaban J connectivity index is 2.74. The van der Waals surface area contributed by atoms with Crippen molar-refractivity contribution >= 4 is 31.9 Å². The number of aliphatic hydroxyl groups is 1. The summed E-state index contributed by atoms with van der Waals surface area (Å²) in [4.78, 5) is 10.2. The smallest absolute Gasteiger partial charge is 0.332 e. The molecule has 1 aromatic carbocycles. The SMILES string of the molecule is O=C(O)[C@@H](O)CCNS(=O)(=O)c1ccc(F)cc1Br. The molecule has 106 valence electrons. The molecule has 0 bridgehead atoms. The second-order valence-electron chi connectivity index (χ2n) is 3.62. The summed E-state index contributed by atoms with van der Waals surface area (Å²) in [5.74, 6) is -2.02. The Kier molecular flexibility index (Phi) is 5.41. The predicted molar refractivity (Wildman–Crippen MR) is 67.5 cm³/mol. The molecular formula is C10H11BrFNO5S. The molecule has 9 heteroatoms. The van der Waals surface area contributed by atoms with E-state index in [1.54, 1.807) is 0 Å². The molecule has 0 heterocycles. The molecule has 0 radical (unpaired) electrons. The summed E-state index contributed by atoms with van der Waals surface area (Å²) in [5.41, 5.74) is 0. The van der Waals surface area contributed by atoms with E-state index in [1.807, 2.05) is 0 Å². The van der Waals surface area contributed by atoms with Gasteiger partial charge in [0.25, 0.3) is 0 Å². The molecule has 0 aliphatic rings. The van der Waals surface area contributed by atoms with Crippen LogP contribution in [-0.4, -0.2) is 37.2 Å². The van der Waals surface area contributed by atoms with Crippen LogP contribution in [0.25, 0.3) is 0 Å². The number of sulfonamides is 1. The molecule has 1 rings (SSSR count). The maximum Gasteiger partial charge on any atom is 0.332 e. The van der Waals surface area contributed by atoms with Gasteiger partial charge in [0.05, 0.1) is 4.90 Å². The summed E-state index contributed by atoms with van der Waals surface area (Å²) in [6.45, 7) is -0.250. The minimum absolute atomic E-state index is 0.0544. The zero-order valence-electron chi connectivity index (χ0n) is 9.51. The molecule has 1 aromatic rings. The van der Waals surface area contributed by atoms with Crippen LogP contribution < -0.4 is 4.72 Å². The summed E-state index contributed by atoms with van der Waals surface area (Å²) in [6.07, 6.45) is -1.91. The average molecular weight is 356 g/mol. The standard InChI is InChI=1S/C10H11BrFNO5S/c11-7-5-6(12)1-2-9(7)19(17,18)13-4-3-8(14)10(15)16/h1-2,5,8,13-14H,3-4H2,(H,15,16)/t8-/m0/s1. The van der Waals surface area contributed by atoms with Crippen LogP contribution >= 0.6 is 15.9 Å². The maximum atomic E-state index is 12.8. The van der Waals surface area contributed by atoms with E-state index in [1.165, 1.54) is 0 Å². The number of hydrogen-bond donors (Lipinski definition) is 3. The summed E-state index contributed by atoms with van der Waals surface area (Å²) in [5, 5.41) is 17.4. The van der Waals surface area contributed by atoms with E-state index < -0.39 is 27.9 Å². The first kappa shape index (κ1) is 16.0. The lowest BCUT2D eigenvalue weighted by atomic mass is 10.3. The highest BCUT2D eigenvalue weighted by atomic mass is 79.9. The highest BCUT2D eigenvalue weighted by molar-refractivity contribution is 9.10. The monoisotopic (exact) mass is 355 g/mol. The molecule has 0 amide bonds. The lowest BCUT2D eigenvalue weighted by molar-refractivity contribution is -0.146. The van der Waals surface area contributed by atoms with Gasteiger partial charge in [-0.3, -0.25) is 0 Å². The quantitative estimate of drug-likeness (QED) is 0.696. The number of aliphatic carboxylic acids is 1. The number of halogens is 2. The molecular weight excluding hydrogens is 345 g/mol. The van der Waals surface area contributed by atoms with Crippen molar-refractivity contribution in [2.75, 3.05) is 6.54 Å². The Hall–Kier alpha value is -1.03. The highest BCUT2D eigenvalue weighted by Crippen LogP contribution is 2.22. The normalized spacial score (nSPS) is 13.2. The van der Waals surface area contributed by atoms with E-state index in [0.717, 1.165) is 18.2 Å². The molecule has 0 aliphatic carbocycles. The highest BCUT2D eigenvalue weighted by Gasteiger charge is 2.19. The van der Waals surface area contributed by atoms with Gasteiger partial charge in [0.2, 0.25) is 10.0 Å². The van der Waals surface area contributed by atoms with Crippen molar-refractivity contribution in [2.24, 2.45) is 0 Å². The van der Waals surface area contributed by atoms with Gasteiger partial charge in [-0.25, -0.2) is 22.3 Å². The Morgan fingerprint density at radius 2 is 2.11 bits per heavy atom. The Morgan fingerprint density at radius 1 is 1.47 bits per heavy atom. The van der Waals surface area contributed by atoms with Crippen LogP contribution in [-0.2, 0) is 14.8 Å². The van der Waals surface area contributed by atoms with Crippen molar-refractivity contribution in [3.63, 3.8) is 0 Å². The molecule has 0 saturated carbocycles. The summed E-state index contributed by atoms with van der Waals surface area (Å²) >= 11 is 2.92. The van der Waals surface area contributed by atoms with Gasteiger partial charge in [0.1, 0.15) is 5.82 Å². The lowest BCUT2D eigenvalue weighted by Crippen LogP contribution is -2.30. The Morgan fingerprint density at radius 3 is 2.63 bits per heavy atom. The third-order valence-corrected chi connectivity index (χ3v) is 4.62. The molecule has 0 unspecified atom stereocenters. The van der Waals surface area contributed by atoms with Crippen LogP contribution in [0.5, 0.6) is 0 Å². The predicted octanol–water partition coefficient (Wildman–Crippen LogP) is 0.702. The topological polar surface area (TPSA) is 104 Å². The van der Waals surface area contributed by atoms with E-state index in [-0.39, 0.29) is 22.3 Å². The zero-order valence-corrected chi connectivity index (χ0v) is 11.9. The van der Waals surface area contributed by atoms with Crippen molar-refractivity contribution in [2.45, 2.75) is 17.4 Å². The van der Waals surface area contributed by atoms with Crippen molar-refractivity contribution in [1.82, 2.24) is 4.72 Å². The molecule has 0 saturated heterocycles. The third-order valence-electron chi connectivity index (χ3n) is 2.18. The third kappa shape index (κ3) is 4.53. The summed E-state index contributed by atoms with van der Waals surface area (Å²) < 4.78 is 38.7. The fourth-order valence-electron chi connectivity index (χ4n) is 1.22. The van der Waals surface area contributed by atoms with Crippen LogP contribution in [0, 0.1) is 5.82 Å². The van der Waals surface area contributed by atoms with Gasteiger partial charge in [0, 0.05) is 11.0 Å². The van der Waals surface area contributed by atoms with E-state index in [4.69, 9.17) is 10.2 Å². The van der Waals surface area contributed by atoms with Crippen molar-refractivity contribution in [3.05, 3.63) is 28.5 Å². The fraction of sp³-hybridized carbons (Fsp3) is 0.300. The molecule has 1 atom stereocenters. The lowest BCUT2D eigenvalue weighted by Gasteiger charge is -2.09. The minimum atomic E-state index is -3.90. The van der Waals surface area contributed by atoms with E-state index in [9.17, 15) is 17.6 Å². The van der Waals surface area contributed by atoms with Gasteiger partial charge in [-0.05, 0) is 40.5 Å². The van der Waals surface area contributed by atoms with Gasteiger partial charge in [-0.2, -0.15) is 0 Å². The zero-order chi connectivity index (χ0) is 14.6. The molecule has 3 N–H and O–H groups in total. The van der Waals surface area contributed by atoms with Crippen LogP contribution in [0.15, 0.2) is 27.6 Å². The van der Waals surface area contributed by atoms with Crippen LogP contribution in [0.4, 0.5) is 4.39 Å². The van der Waals surface area contributed by atoms with Crippen LogP contribution in [0.3, 0.4) is 0 Å². The average Bonchev–Trinajstić information content (AvgIpc) is 2.27. The van der Waals surface area contributed by atoms with Gasteiger partial charge >= 0.3 is 5.97 Å². The van der Waals surface area contributed by atoms with E-state index >= 15 is 0 Å². The van der Waals surface area contributed by atoms with Crippen LogP contribution in [0.1, 0.15) is 6.42 Å². The number of nitrogens with one attached hydrogen (secondary N) is 1. The summed E-state index contributed by atoms with van der Waals surface area (Å²) in [6, 6.07) is 3.07. The molecule has 0 spiro atoms. The molecule has 0 fully saturated rings. The largest absolute Gasteiger partial charge is 0.479 e. The molecule has 19 heavy (non-hydrogen) atoms. The number of benzene rings is 1. The van der Waals surface area contributed by atoms with Crippen LogP contribution in [0.2, 0.25) is 0 Å².